The quantitative estimate of drug-likeness (QED) is 0.757. The topological polar surface area (TPSA) is 84.5 Å². The Hall–Kier alpha value is -2.67. The van der Waals surface area contributed by atoms with Gasteiger partial charge < -0.3 is 15.0 Å². The third kappa shape index (κ3) is 2.46. The molecule has 0 spiro atoms. The molecule has 7 nitrogen and oxygen atoms in total. The van der Waals surface area contributed by atoms with Crippen LogP contribution in [0.2, 0.25) is 0 Å². The van der Waals surface area contributed by atoms with E-state index in [1.807, 2.05) is 42.2 Å². The molecule has 1 saturated carbocycles. The molecule has 0 aliphatic heterocycles. The Morgan fingerprint density at radius 3 is 2.92 bits per heavy atom. The summed E-state index contributed by atoms with van der Waals surface area (Å²) >= 11 is 0. The largest absolute Gasteiger partial charge is 0.393 e. The van der Waals surface area contributed by atoms with Gasteiger partial charge in [-0.2, -0.15) is 5.10 Å². The monoisotopic (exact) mass is 325 g/mol. The van der Waals surface area contributed by atoms with Crippen LogP contribution in [-0.2, 0) is 7.05 Å². The Kier molecular flexibility index (Phi) is 3.57. The van der Waals surface area contributed by atoms with Crippen molar-refractivity contribution in [2.24, 2.45) is 13.0 Å². The van der Waals surface area contributed by atoms with E-state index < -0.39 is 0 Å². The highest BCUT2D eigenvalue weighted by Gasteiger charge is 2.36. The molecule has 0 saturated heterocycles. The molecule has 2 N–H and O–H groups in total. The minimum atomic E-state index is -0.283. The fourth-order valence-corrected chi connectivity index (χ4v) is 3.32. The van der Waals surface area contributed by atoms with E-state index in [1.54, 1.807) is 16.9 Å². The standard InChI is InChI=1S/C17H19N5O2/c1-21-6-7-22-17(21)13(10-19-22)16(24)20-15(11-8-12(23)9-11)14-4-2-3-5-18-14/h2-7,10-12,15,23H,8-9H2,1H3,(H,20,24)/t11?,12?,15-/m1/s1. The molecule has 7 heteroatoms. The van der Waals surface area contributed by atoms with Crippen LogP contribution in [0, 0.1) is 5.92 Å². The number of hydrogen-bond donors (Lipinski definition) is 2. The molecule has 1 amide bonds. The van der Waals surface area contributed by atoms with Gasteiger partial charge in [0.1, 0.15) is 11.2 Å². The number of imidazole rings is 1. The number of aromatic nitrogens is 4. The molecular weight excluding hydrogens is 306 g/mol. The third-order valence-corrected chi connectivity index (χ3v) is 4.69. The van der Waals surface area contributed by atoms with E-state index in [-0.39, 0.29) is 24.0 Å². The van der Waals surface area contributed by atoms with Crippen LogP contribution in [0.5, 0.6) is 0 Å². The summed E-state index contributed by atoms with van der Waals surface area (Å²) in [6, 6.07) is 5.46. The highest BCUT2D eigenvalue weighted by molar-refractivity contribution is 6.00. The SMILES string of the molecule is Cn1ccn2ncc(C(=O)N[C@@H](c3ccccn3)C3CC(O)C3)c12. The zero-order valence-corrected chi connectivity index (χ0v) is 13.3. The van der Waals surface area contributed by atoms with Crippen LogP contribution in [-0.4, -0.2) is 36.3 Å². The maximum atomic E-state index is 12.8. The number of nitrogens with zero attached hydrogens (tertiary/aromatic N) is 4. The smallest absolute Gasteiger partial charge is 0.257 e. The third-order valence-electron chi connectivity index (χ3n) is 4.69. The summed E-state index contributed by atoms with van der Waals surface area (Å²) in [5.41, 5.74) is 2.10. The van der Waals surface area contributed by atoms with Crippen LogP contribution >= 0.6 is 0 Å². The Morgan fingerprint density at radius 2 is 2.21 bits per heavy atom. The molecule has 0 radical (unpaired) electrons. The number of pyridine rings is 1. The number of amides is 1. The number of carbonyl (C=O) groups is 1. The molecule has 1 fully saturated rings. The van der Waals surface area contributed by atoms with Crippen LogP contribution in [0.4, 0.5) is 0 Å². The number of carbonyl (C=O) groups excluding carboxylic acids is 1. The molecule has 3 aromatic rings. The van der Waals surface area contributed by atoms with Crippen molar-refractivity contribution in [2.75, 3.05) is 0 Å². The predicted molar refractivity (Wildman–Crippen MR) is 87.3 cm³/mol. The molecule has 3 heterocycles. The van der Waals surface area contributed by atoms with Gasteiger partial charge in [-0.3, -0.25) is 9.78 Å². The zero-order chi connectivity index (χ0) is 16.7. The number of fused-ring (bicyclic) bond motifs is 1. The van der Waals surface area contributed by atoms with Crippen molar-refractivity contribution >= 4 is 11.6 Å². The number of aliphatic hydroxyl groups excluding tert-OH is 1. The van der Waals surface area contributed by atoms with Crippen LogP contribution in [0.15, 0.2) is 43.0 Å². The van der Waals surface area contributed by atoms with Gasteiger partial charge >= 0.3 is 0 Å². The number of aryl methyl sites for hydroxylation is 1. The first-order valence-electron chi connectivity index (χ1n) is 8.02. The van der Waals surface area contributed by atoms with Crippen molar-refractivity contribution in [1.82, 2.24) is 24.5 Å². The molecule has 0 unspecified atom stereocenters. The second-order valence-corrected chi connectivity index (χ2v) is 6.33. The van der Waals surface area contributed by atoms with Gasteiger partial charge in [-0.05, 0) is 30.9 Å². The summed E-state index contributed by atoms with van der Waals surface area (Å²) in [5, 5.41) is 16.9. The fourth-order valence-electron chi connectivity index (χ4n) is 3.32. The Balaban J connectivity index is 1.62. The van der Waals surface area contributed by atoms with Crippen LogP contribution in [0.1, 0.15) is 34.9 Å². The second kappa shape index (κ2) is 5.76. The van der Waals surface area contributed by atoms with E-state index in [1.165, 1.54) is 0 Å². The first kappa shape index (κ1) is 14.9. The van der Waals surface area contributed by atoms with Gasteiger partial charge in [-0.1, -0.05) is 6.07 Å². The van der Waals surface area contributed by atoms with E-state index in [0.29, 0.717) is 18.4 Å². The van der Waals surface area contributed by atoms with E-state index >= 15 is 0 Å². The van der Waals surface area contributed by atoms with E-state index in [4.69, 9.17) is 0 Å². The summed E-state index contributed by atoms with van der Waals surface area (Å²) in [6.07, 6.45) is 8.04. The number of rotatable bonds is 4. The van der Waals surface area contributed by atoms with Crippen molar-refractivity contribution in [3.63, 3.8) is 0 Å². The van der Waals surface area contributed by atoms with Gasteiger partial charge in [0.15, 0.2) is 0 Å². The van der Waals surface area contributed by atoms with Gasteiger partial charge in [-0.25, -0.2) is 4.52 Å². The molecule has 1 aliphatic rings. The maximum Gasteiger partial charge on any atom is 0.257 e. The average Bonchev–Trinajstić information content (AvgIpc) is 3.14. The van der Waals surface area contributed by atoms with Crippen molar-refractivity contribution in [3.05, 3.63) is 54.2 Å². The van der Waals surface area contributed by atoms with E-state index in [2.05, 4.69) is 15.4 Å². The Bertz CT molecular complexity index is 864. The Morgan fingerprint density at radius 1 is 1.38 bits per heavy atom. The molecule has 1 atom stereocenters. The Labute approximate surface area is 138 Å². The van der Waals surface area contributed by atoms with Gasteiger partial charge in [0.2, 0.25) is 0 Å². The number of hydrogen-bond acceptors (Lipinski definition) is 4. The van der Waals surface area contributed by atoms with Gasteiger partial charge in [0.25, 0.3) is 5.91 Å². The van der Waals surface area contributed by atoms with Crippen LogP contribution in [0.3, 0.4) is 0 Å². The lowest BCUT2D eigenvalue weighted by atomic mass is 9.76. The van der Waals surface area contributed by atoms with Gasteiger partial charge in [0.05, 0.1) is 24.0 Å². The van der Waals surface area contributed by atoms with Gasteiger partial charge in [0, 0.05) is 25.6 Å². The molecular formula is C17H19N5O2. The normalized spacial score (nSPS) is 21.4. The van der Waals surface area contributed by atoms with Crippen LogP contribution < -0.4 is 5.32 Å². The highest BCUT2D eigenvalue weighted by Crippen LogP contribution is 2.37. The molecule has 124 valence electrons. The second-order valence-electron chi connectivity index (χ2n) is 6.33. The lowest BCUT2D eigenvalue weighted by molar-refractivity contribution is 0.0228. The summed E-state index contributed by atoms with van der Waals surface area (Å²) in [4.78, 5) is 17.2. The molecule has 3 aromatic heterocycles. The van der Waals surface area contributed by atoms with Crippen molar-refractivity contribution in [2.45, 2.75) is 25.0 Å². The molecule has 4 rings (SSSR count). The van der Waals surface area contributed by atoms with Crippen LogP contribution in [0.25, 0.3) is 5.65 Å². The molecule has 24 heavy (non-hydrogen) atoms. The minimum Gasteiger partial charge on any atom is -0.393 e. The lowest BCUT2D eigenvalue weighted by Gasteiger charge is -2.37. The van der Waals surface area contributed by atoms with Crippen molar-refractivity contribution < 1.29 is 9.90 Å². The minimum absolute atomic E-state index is 0.177. The fraction of sp³-hybridized carbons (Fsp3) is 0.353. The first-order valence-corrected chi connectivity index (χ1v) is 8.02. The average molecular weight is 325 g/mol. The number of nitrogens with one attached hydrogen (secondary N) is 1. The zero-order valence-electron chi connectivity index (χ0n) is 13.3. The van der Waals surface area contributed by atoms with Crippen molar-refractivity contribution in [1.29, 1.82) is 0 Å². The summed E-state index contributed by atoms with van der Waals surface area (Å²) in [7, 11) is 1.88. The first-order chi connectivity index (χ1) is 11.6. The number of aliphatic hydroxyl groups is 1. The summed E-state index contributed by atoms with van der Waals surface area (Å²) in [5.74, 6) is 0.0159. The predicted octanol–water partition coefficient (Wildman–Crippen LogP) is 1.31. The van der Waals surface area contributed by atoms with Crippen molar-refractivity contribution in [3.8, 4) is 0 Å². The highest BCUT2D eigenvalue weighted by atomic mass is 16.3. The van der Waals surface area contributed by atoms with Gasteiger partial charge in [-0.15, -0.1) is 0 Å². The molecule has 1 aliphatic carbocycles. The molecule has 0 bridgehead atoms. The maximum absolute atomic E-state index is 12.8. The van der Waals surface area contributed by atoms with E-state index in [9.17, 15) is 9.90 Å². The summed E-state index contributed by atoms with van der Waals surface area (Å²) < 4.78 is 3.54. The lowest BCUT2D eigenvalue weighted by Crippen LogP contribution is -2.41. The summed E-state index contributed by atoms with van der Waals surface area (Å²) in [6.45, 7) is 0. The van der Waals surface area contributed by atoms with E-state index in [0.717, 1.165) is 11.3 Å². The molecule has 0 aromatic carbocycles.